The van der Waals surface area contributed by atoms with Crippen LogP contribution in [0.2, 0.25) is 10.0 Å². The number of fused-ring (bicyclic) bond motifs is 1. The number of methoxy groups -OCH3 is 1. The predicted octanol–water partition coefficient (Wildman–Crippen LogP) is 6.06. The molecule has 188 valence electrons. The average molecular weight is 528 g/mol. The predicted molar refractivity (Wildman–Crippen MR) is 139 cm³/mol. The number of ether oxygens (including phenoxy) is 2. The van der Waals surface area contributed by atoms with Crippen LogP contribution in [0, 0.1) is 0 Å². The van der Waals surface area contributed by atoms with E-state index in [0.717, 1.165) is 16.7 Å². The number of carbonyl (C=O) groups is 2. The van der Waals surface area contributed by atoms with Gasteiger partial charge in [0.05, 0.1) is 23.6 Å². The number of nitrogens with zero attached hydrogens (tertiary/aromatic N) is 1. The molecule has 8 heteroatoms. The second-order valence-corrected chi connectivity index (χ2v) is 9.91. The molecule has 0 aliphatic carbocycles. The Bertz CT molecular complexity index is 1290. The molecule has 0 bridgehead atoms. The van der Waals surface area contributed by atoms with Crippen LogP contribution in [-0.2, 0) is 24.2 Å². The van der Waals surface area contributed by atoms with Crippen LogP contribution >= 0.6 is 23.2 Å². The van der Waals surface area contributed by atoms with E-state index in [2.05, 4.69) is 0 Å². The van der Waals surface area contributed by atoms with Crippen molar-refractivity contribution in [2.45, 2.75) is 38.3 Å². The normalized spacial score (nSPS) is 16.2. The van der Waals surface area contributed by atoms with E-state index in [1.807, 2.05) is 49.4 Å². The molecule has 0 fully saturated rings. The van der Waals surface area contributed by atoms with E-state index < -0.39 is 11.6 Å². The minimum Gasteiger partial charge on any atom is -0.496 e. The minimum atomic E-state index is -0.967. The monoisotopic (exact) mass is 527 g/mol. The van der Waals surface area contributed by atoms with Crippen molar-refractivity contribution >= 4 is 35.1 Å². The standard InChI is InChI=1S/C28H27Cl2NO5/c1-28(15-19-7-5-8-22(29)26(19)30)16-21-14-18(10-11-24(21)36-28)27(34)31(13-12-25(32)33)17-20-6-3-4-9-23(20)35-2/h3-11,14H,12-13,15-17H2,1-2H3,(H,32,33)/t28-/m0/s1. The van der Waals surface area contributed by atoms with Gasteiger partial charge < -0.3 is 19.5 Å². The summed E-state index contributed by atoms with van der Waals surface area (Å²) in [6, 6.07) is 18.3. The lowest BCUT2D eigenvalue weighted by Gasteiger charge is -2.24. The number of halogens is 2. The smallest absolute Gasteiger partial charge is 0.305 e. The van der Waals surface area contributed by atoms with E-state index in [0.29, 0.717) is 39.9 Å². The minimum absolute atomic E-state index is 0.0742. The van der Waals surface area contributed by atoms with Crippen molar-refractivity contribution in [2.75, 3.05) is 13.7 Å². The van der Waals surface area contributed by atoms with Crippen molar-refractivity contribution in [1.29, 1.82) is 0 Å². The van der Waals surface area contributed by atoms with Crippen LogP contribution in [-0.4, -0.2) is 41.1 Å². The number of hydrogen-bond donors (Lipinski definition) is 1. The van der Waals surface area contributed by atoms with Gasteiger partial charge in [-0.05, 0) is 48.4 Å². The molecule has 3 aromatic carbocycles. The second-order valence-electron chi connectivity index (χ2n) is 9.12. The number of carboxylic acids is 1. The molecule has 3 aromatic rings. The van der Waals surface area contributed by atoms with Crippen molar-refractivity contribution < 1.29 is 24.2 Å². The molecule has 1 amide bonds. The summed E-state index contributed by atoms with van der Waals surface area (Å²) in [6.45, 7) is 2.31. The second kappa shape index (κ2) is 10.8. The van der Waals surface area contributed by atoms with E-state index in [4.69, 9.17) is 32.7 Å². The third-order valence-electron chi connectivity index (χ3n) is 6.26. The molecule has 1 N–H and O–H groups in total. The number of aliphatic carboxylic acids is 1. The van der Waals surface area contributed by atoms with Crippen LogP contribution in [0.3, 0.4) is 0 Å². The number of benzene rings is 3. The van der Waals surface area contributed by atoms with Crippen molar-refractivity contribution in [1.82, 2.24) is 4.90 Å². The number of carboxylic acid groups (broad SMARTS) is 1. The van der Waals surface area contributed by atoms with Crippen LogP contribution in [0.1, 0.15) is 40.4 Å². The Morgan fingerprint density at radius 1 is 1.08 bits per heavy atom. The molecule has 1 heterocycles. The van der Waals surface area contributed by atoms with E-state index in [1.54, 1.807) is 25.3 Å². The number of para-hydroxylation sites is 1. The average Bonchev–Trinajstić information content (AvgIpc) is 3.19. The molecule has 1 atom stereocenters. The molecular weight excluding hydrogens is 501 g/mol. The summed E-state index contributed by atoms with van der Waals surface area (Å²) >= 11 is 12.6. The molecule has 0 saturated carbocycles. The molecule has 0 aromatic heterocycles. The van der Waals surface area contributed by atoms with Gasteiger partial charge in [0.2, 0.25) is 0 Å². The van der Waals surface area contributed by atoms with Crippen molar-refractivity contribution in [3.8, 4) is 11.5 Å². The van der Waals surface area contributed by atoms with Crippen molar-refractivity contribution in [3.63, 3.8) is 0 Å². The molecular formula is C28H27Cl2NO5. The first kappa shape index (κ1) is 25.9. The van der Waals surface area contributed by atoms with Crippen LogP contribution < -0.4 is 9.47 Å². The topological polar surface area (TPSA) is 76.1 Å². The molecule has 1 aliphatic heterocycles. The fourth-order valence-corrected chi connectivity index (χ4v) is 4.93. The lowest BCUT2D eigenvalue weighted by atomic mass is 9.91. The molecule has 0 radical (unpaired) electrons. The first-order chi connectivity index (χ1) is 17.2. The zero-order valence-corrected chi connectivity index (χ0v) is 21.6. The van der Waals surface area contributed by atoms with Gasteiger partial charge in [0.25, 0.3) is 5.91 Å². The van der Waals surface area contributed by atoms with Crippen LogP contribution in [0.4, 0.5) is 0 Å². The Balaban J connectivity index is 1.55. The highest BCUT2D eigenvalue weighted by molar-refractivity contribution is 6.42. The summed E-state index contributed by atoms with van der Waals surface area (Å²) in [5.41, 5.74) is 2.54. The summed E-state index contributed by atoms with van der Waals surface area (Å²) in [7, 11) is 1.57. The molecule has 1 aliphatic rings. The summed E-state index contributed by atoms with van der Waals surface area (Å²) in [5.74, 6) is 0.138. The van der Waals surface area contributed by atoms with E-state index in [9.17, 15) is 14.7 Å². The van der Waals surface area contributed by atoms with E-state index in [1.165, 1.54) is 4.90 Å². The summed E-state index contributed by atoms with van der Waals surface area (Å²) in [4.78, 5) is 26.3. The van der Waals surface area contributed by atoms with Gasteiger partial charge in [-0.25, -0.2) is 0 Å². The summed E-state index contributed by atoms with van der Waals surface area (Å²) in [5, 5.41) is 10.2. The Labute approximate surface area is 220 Å². The first-order valence-corrected chi connectivity index (χ1v) is 12.3. The summed E-state index contributed by atoms with van der Waals surface area (Å²) in [6.07, 6.45) is 0.990. The number of hydrogen-bond acceptors (Lipinski definition) is 4. The fraction of sp³-hybridized carbons (Fsp3) is 0.286. The number of amides is 1. The highest BCUT2D eigenvalue weighted by Crippen LogP contribution is 2.39. The molecule has 6 nitrogen and oxygen atoms in total. The third kappa shape index (κ3) is 5.77. The van der Waals surface area contributed by atoms with Gasteiger partial charge in [-0.1, -0.05) is 53.5 Å². The largest absolute Gasteiger partial charge is 0.496 e. The van der Waals surface area contributed by atoms with Gasteiger partial charge in [0, 0.05) is 37.1 Å². The summed E-state index contributed by atoms with van der Waals surface area (Å²) < 4.78 is 11.7. The molecule has 0 unspecified atom stereocenters. The van der Waals surface area contributed by atoms with Gasteiger partial charge in [-0.2, -0.15) is 0 Å². The number of carbonyl (C=O) groups excluding carboxylic acids is 1. The van der Waals surface area contributed by atoms with Gasteiger partial charge >= 0.3 is 5.97 Å². The Hall–Kier alpha value is -3.22. The van der Waals surface area contributed by atoms with Crippen LogP contribution in [0.5, 0.6) is 11.5 Å². The number of rotatable bonds is 9. The van der Waals surface area contributed by atoms with Crippen molar-refractivity contribution in [2.24, 2.45) is 0 Å². The molecule has 4 rings (SSSR count). The van der Waals surface area contributed by atoms with Crippen molar-refractivity contribution in [3.05, 3.63) is 93.0 Å². The lowest BCUT2D eigenvalue weighted by molar-refractivity contribution is -0.137. The Kier molecular flexibility index (Phi) is 7.76. The maximum atomic E-state index is 13.5. The highest BCUT2D eigenvalue weighted by Gasteiger charge is 2.36. The zero-order chi connectivity index (χ0) is 25.9. The van der Waals surface area contributed by atoms with Gasteiger partial charge in [-0.15, -0.1) is 0 Å². The molecule has 0 spiro atoms. The van der Waals surface area contributed by atoms with Crippen LogP contribution in [0.15, 0.2) is 60.7 Å². The fourth-order valence-electron chi connectivity index (χ4n) is 4.55. The SMILES string of the molecule is COc1ccccc1CN(CCC(=O)O)C(=O)c1ccc2c(c1)C[C@](C)(Cc1cccc(Cl)c1Cl)O2. The molecule has 0 saturated heterocycles. The van der Waals surface area contributed by atoms with Gasteiger partial charge in [-0.3, -0.25) is 9.59 Å². The maximum absolute atomic E-state index is 13.5. The Morgan fingerprint density at radius 3 is 2.58 bits per heavy atom. The quantitative estimate of drug-likeness (QED) is 0.366. The van der Waals surface area contributed by atoms with E-state index >= 15 is 0 Å². The van der Waals surface area contributed by atoms with E-state index in [-0.39, 0.29) is 25.4 Å². The Morgan fingerprint density at radius 2 is 1.83 bits per heavy atom. The van der Waals surface area contributed by atoms with Gasteiger partial charge in [0.1, 0.15) is 17.1 Å². The first-order valence-electron chi connectivity index (χ1n) is 11.6. The van der Waals surface area contributed by atoms with Gasteiger partial charge in [0.15, 0.2) is 0 Å². The third-order valence-corrected chi connectivity index (χ3v) is 7.12. The maximum Gasteiger partial charge on any atom is 0.305 e. The zero-order valence-electron chi connectivity index (χ0n) is 20.1. The van der Waals surface area contributed by atoms with Crippen LogP contribution in [0.25, 0.3) is 0 Å². The lowest BCUT2D eigenvalue weighted by Crippen LogP contribution is -2.33. The highest BCUT2D eigenvalue weighted by atomic mass is 35.5. The molecule has 36 heavy (non-hydrogen) atoms.